The maximum atomic E-state index is 14.0. The van der Waals surface area contributed by atoms with Gasteiger partial charge >= 0.3 is 5.97 Å². The topological polar surface area (TPSA) is 516 Å². The molecule has 28 nitrogen and oxygen atoms in total. The number of unbranched alkanes of at least 4 members (excludes halogenated alkanes) is 2. The lowest BCUT2D eigenvalue weighted by atomic mass is 10.0. The molecular formula is C37H74N18O10. The second-order valence-corrected chi connectivity index (χ2v) is 15.2. The summed E-state index contributed by atoms with van der Waals surface area (Å²) in [5.41, 5.74) is 33.0. The van der Waals surface area contributed by atoms with Gasteiger partial charge in [-0.05, 0) is 97.1 Å². The Kier molecular flexibility index (Phi) is 30.3. The summed E-state index contributed by atoms with van der Waals surface area (Å²) in [6, 6.07) is -9.82. The third-order valence-corrected chi connectivity index (χ3v) is 9.63. The first kappa shape index (κ1) is 58.9. The highest BCUT2D eigenvalue weighted by molar-refractivity contribution is 5.97. The van der Waals surface area contributed by atoms with Crippen molar-refractivity contribution in [2.75, 3.05) is 39.3 Å². The predicted octanol–water partition coefficient (Wildman–Crippen LogP) is -7.27. The van der Waals surface area contributed by atoms with E-state index in [1.807, 2.05) is 0 Å². The van der Waals surface area contributed by atoms with Crippen LogP contribution < -0.4 is 82.3 Å². The molecule has 0 aromatic heterocycles. The lowest BCUT2D eigenvalue weighted by Crippen LogP contribution is -2.60. The van der Waals surface area contributed by atoms with Gasteiger partial charge in [-0.15, -0.1) is 0 Å². The van der Waals surface area contributed by atoms with Gasteiger partial charge < -0.3 is 97.6 Å². The van der Waals surface area contributed by atoms with Gasteiger partial charge in [0.05, 0.1) is 12.7 Å². The first-order valence-electron chi connectivity index (χ1n) is 21.4. The van der Waals surface area contributed by atoms with Crippen molar-refractivity contribution in [2.45, 2.75) is 132 Å². The Morgan fingerprint density at radius 2 is 0.754 bits per heavy atom. The maximum absolute atomic E-state index is 14.0. The van der Waals surface area contributed by atoms with Gasteiger partial charge in [-0.25, -0.2) is 4.79 Å². The van der Waals surface area contributed by atoms with E-state index in [4.69, 9.17) is 50.6 Å². The fraction of sp³-hybridized carbons (Fsp3) is 0.730. The van der Waals surface area contributed by atoms with Crippen molar-refractivity contribution < 1.29 is 48.9 Å². The van der Waals surface area contributed by atoms with Gasteiger partial charge in [0.25, 0.3) is 0 Å². The molecule has 0 spiro atoms. The molecule has 0 aromatic rings. The van der Waals surface area contributed by atoms with Crippen LogP contribution in [0.3, 0.4) is 0 Å². The molecule has 372 valence electrons. The van der Waals surface area contributed by atoms with Gasteiger partial charge in [-0.2, -0.15) is 0 Å². The minimum atomic E-state index is -1.69. The third-order valence-electron chi connectivity index (χ3n) is 9.63. The van der Waals surface area contributed by atoms with E-state index in [2.05, 4.69) is 47.9 Å². The van der Waals surface area contributed by atoms with Gasteiger partial charge in [-0.3, -0.25) is 45.0 Å². The number of hydrogen-bond donors (Lipinski definition) is 21. The summed E-state index contributed by atoms with van der Waals surface area (Å²) in [5, 5.41) is 74.3. The van der Waals surface area contributed by atoms with E-state index in [9.17, 15) is 48.9 Å². The van der Waals surface area contributed by atoms with Crippen LogP contribution in [0.25, 0.3) is 0 Å². The number of carbonyl (C=O) groups excluding carboxylic acids is 6. The standard InChI is InChI=1S/C37H74N18O10/c1-20(57)27(40)33(63)53-24(12-7-17-48-36(43)44)31(61)55-26(19-56)32(62)52-23(11-6-16-47-35(41)42)29(59)50-21(9-2-4-14-38)28(58)51-22(10-3-5-15-39)30(60)54-25(34(64)65)13-8-18-49-37(45)46/h20-27,56-57H,2-19,38-40H2,1H3,(H,50,59)(H,51,58)(H,52,62)(H,53,63)(H,54,60)(H,55,61)(H,64,65)(H4,41,42,47)(H4,43,44,48)(H4,45,46,49)/t20-,21+,22+,23+,24+,25+,26+,27+/m1/s1. The Balaban J connectivity index is 6.46. The van der Waals surface area contributed by atoms with E-state index in [0.29, 0.717) is 25.7 Å². The molecule has 0 radical (unpaired) electrons. The molecule has 27 N–H and O–H groups in total. The number of carboxylic acid groups (broad SMARTS) is 1. The summed E-state index contributed by atoms with van der Waals surface area (Å²) < 4.78 is 0. The van der Waals surface area contributed by atoms with E-state index in [1.54, 1.807) is 0 Å². The fourth-order valence-electron chi connectivity index (χ4n) is 5.95. The summed E-state index contributed by atoms with van der Waals surface area (Å²) in [6.45, 7) is 1.17. The number of aliphatic carboxylic acids is 1. The molecule has 0 fully saturated rings. The van der Waals surface area contributed by atoms with Gasteiger partial charge in [0.2, 0.25) is 35.4 Å². The molecule has 0 aliphatic heterocycles. The van der Waals surface area contributed by atoms with E-state index < -0.39 is 96.4 Å². The monoisotopic (exact) mass is 931 g/mol. The van der Waals surface area contributed by atoms with Crippen LogP contribution in [0.5, 0.6) is 0 Å². The summed E-state index contributed by atoms with van der Waals surface area (Å²) in [7, 11) is 0. The third kappa shape index (κ3) is 26.3. The SMILES string of the molecule is C[C@@H](O)[C@H](N)C(=O)N[C@@H](CCCNC(=N)N)C(=O)N[C@@H](CO)C(=O)N[C@@H](CCCNC(=N)N)C(=O)N[C@@H](CCCCN)C(=O)N[C@@H](CCCCN)C(=O)N[C@@H](CCCNC(=N)N)C(=O)O. The Morgan fingerprint density at radius 1 is 0.477 bits per heavy atom. The van der Waals surface area contributed by atoms with Crippen LogP contribution in [-0.2, 0) is 33.6 Å². The molecule has 0 rings (SSSR count). The molecule has 0 aliphatic rings. The molecule has 8 atom stereocenters. The van der Waals surface area contributed by atoms with Crippen molar-refractivity contribution in [1.29, 1.82) is 16.2 Å². The molecule has 28 heteroatoms. The van der Waals surface area contributed by atoms with Gasteiger partial charge in [-0.1, -0.05) is 0 Å². The van der Waals surface area contributed by atoms with Gasteiger partial charge in [0, 0.05) is 19.6 Å². The van der Waals surface area contributed by atoms with Crippen LogP contribution in [0.4, 0.5) is 0 Å². The molecule has 65 heavy (non-hydrogen) atoms. The highest BCUT2D eigenvalue weighted by atomic mass is 16.4. The smallest absolute Gasteiger partial charge is 0.326 e. The number of aliphatic hydroxyl groups is 2. The van der Waals surface area contributed by atoms with Crippen molar-refractivity contribution in [2.24, 2.45) is 34.4 Å². The molecule has 0 unspecified atom stereocenters. The van der Waals surface area contributed by atoms with Crippen molar-refractivity contribution in [3.63, 3.8) is 0 Å². The van der Waals surface area contributed by atoms with Crippen LogP contribution >= 0.6 is 0 Å². The molecule has 0 aromatic carbocycles. The number of hydrogen-bond acceptors (Lipinski definition) is 15. The minimum absolute atomic E-state index is 0.0163. The summed E-state index contributed by atoms with van der Waals surface area (Å²) in [6.07, 6.45) is 0.696. The van der Waals surface area contributed by atoms with Gasteiger partial charge in [0.1, 0.15) is 42.3 Å². The van der Waals surface area contributed by atoms with E-state index in [-0.39, 0.29) is 102 Å². The highest BCUT2D eigenvalue weighted by Crippen LogP contribution is 2.09. The van der Waals surface area contributed by atoms with Crippen LogP contribution in [0.2, 0.25) is 0 Å². The average molecular weight is 931 g/mol. The Hall–Kier alpha value is -6.10. The van der Waals surface area contributed by atoms with E-state index >= 15 is 0 Å². The Morgan fingerprint density at radius 3 is 1.05 bits per heavy atom. The maximum Gasteiger partial charge on any atom is 0.326 e. The first-order chi connectivity index (χ1) is 30.7. The zero-order chi connectivity index (χ0) is 49.5. The molecule has 0 saturated heterocycles. The number of rotatable bonds is 35. The van der Waals surface area contributed by atoms with Gasteiger partial charge in [0.15, 0.2) is 17.9 Å². The number of nitrogens with two attached hydrogens (primary N) is 6. The van der Waals surface area contributed by atoms with Crippen LogP contribution in [0, 0.1) is 16.2 Å². The largest absolute Gasteiger partial charge is 0.480 e. The molecule has 0 heterocycles. The molecule has 0 aliphatic carbocycles. The second kappa shape index (κ2) is 33.4. The zero-order valence-corrected chi connectivity index (χ0v) is 37.0. The molecule has 6 amide bonds. The quantitative estimate of drug-likeness (QED) is 0.0159. The van der Waals surface area contributed by atoms with Crippen molar-refractivity contribution in [1.82, 2.24) is 47.9 Å². The fourth-order valence-corrected chi connectivity index (χ4v) is 5.95. The second-order valence-electron chi connectivity index (χ2n) is 15.2. The Labute approximate surface area is 377 Å². The number of carboxylic acids is 1. The normalized spacial score (nSPS) is 14.6. The number of amides is 6. The highest BCUT2D eigenvalue weighted by Gasteiger charge is 2.33. The first-order valence-corrected chi connectivity index (χ1v) is 21.4. The Bertz CT molecular complexity index is 1560. The van der Waals surface area contributed by atoms with Crippen molar-refractivity contribution in [3.05, 3.63) is 0 Å². The summed E-state index contributed by atoms with van der Waals surface area (Å²) in [4.78, 5) is 93.2. The lowest BCUT2D eigenvalue weighted by molar-refractivity contribution is -0.142. The van der Waals surface area contributed by atoms with Crippen molar-refractivity contribution >= 4 is 59.3 Å². The molecule has 0 saturated carbocycles. The minimum Gasteiger partial charge on any atom is -0.480 e. The summed E-state index contributed by atoms with van der Waals surface area (Å²) >= 11 is 0. The molecule has 0 bridgehead atoms. The predicted molar refractivity (Wildman–Crippen MR) is 239 cm³/mol. The van der Waals surface area contributed by atoms with E-state index in [1.165, 1.54) is 6.92 Å². The zero-order valence-electron chi connectivity index (χ0n) is 37.0. The van der Waals surface area contributed by atoms with Crippen LogP contribution in [-0.4, -0.2) is 162 Å². The number of carbonyl (C=O) groups is 7. The molecular weight excluding hydrogens is 857 g/mol. The van der Waals surface area contributed by atoms with Crippen LogP contribution in [0.1, 0.15) is 84.0 Å². The lowest BCUT2D eigenvalue weighted by Gasteiger charge is -2.27. The summed E-state index contributed by atoms with van der Waals surface area (Å²) in [5.74, 6) is -7.75. The number of guanidine groups is 3. The van der Waals surface area contributed by atoms with Crippen molar-refractivity contribution in [3.8, 4) is 0 Å². The van der Waals surface area contributed by atoms with E-state index in [0.717, 1.165) is 0 Å². The number of aliphatic hydroxyl groups excluding tert-OH is 2. The number of nitrogens with one attached hydrogen (secondary N) is 12. The van der Waals surface area contributed by atoms with Crippen LogP contribution in [0.15, 0.2) is 0 Å². The average Bonchev–Trinajstić information content (AvgIpc) is 3.23.